The summed E-state index contributed by atoms with van der Waals surface area (Å²) in [4.78, 5) is 6.65. The average Bonchev–Trinajstić information content (AvgIpc) is 2.56. The van der Waals surface area contributed by atoms with E-state index < -0.39 is 12.0 Å². The number of ether oxygens (including phenoxy) is 1. The van der Waals surface area contributed by atoms with E-state index in [2.05, 4.69) is 26.7 Å². The van der Waals surface area contributed by atoms with Crippen LogP contribution >= 0.6 is 0 Å². The van der Waals surface area contributed by atoms with E-state index in [1.54, 1.807) is 0 Å². The topological polar surface area (TPSA) is 59.1 Å². The van der Waals surface area contributed by atoms with Gasteiger partial charge < -0.3 is 15.4 Å². The normalized spacial score (nSPS) is 25.1. The van der Waals surface area contributed by atoms with Crippen molar-refractivity contribution in [1.29, 1.82) is 0 Å². The minimum atomic E-state index is -4.52. The first-order chi connectivity index (χ1) is 11.0. The maximum absolute atomic E-state index is 12.4. The molecule has 1 aliphatic carbocycles. The molecule has 0 aromatic carbocycles. The maximum Gasteiger partial charge on any atom is 0.451 e. The predicted molar refractivity (Wildman–Crippen MR) is 78.6 cm³/mol. The molecule has 0 saturated carbocycles. The predicted octanol–water partition coefficient (Wildman–Crippen LogP) is 2.36. The summed E-state index contributed by atoms with van der Waals surface area (Å²) in [7, 11) is 0. The van der Waals surface area contributed by atoms with Gasteiger partial charge in [-0.1, -0.05) is 12.2 Å². The van der Waals surface area contributed by atoms with E-state index in [4.69, 9.17) is 4.74 Å². The number of anilines is 1. The van der Waals surface area contributed by atoms with Gasteiger partial charge in [0.15, 0.2) is 0 Å². The van der Waals surface area contributed by atoms with Crippen LogP contribution in [0.3, 0.4) is 0 Å². The molecule has 2 atom stereocenters. The average molecular weight is 326 g/mol. The molecule has 1 aromatic rings. The highest BCUT2D eigenvalue weighted by Gasteiger charge is 2.34. The molecule has 0 amide bonds. The minimum Gasteiger partial charge on any atom is -0.375 e. The molecule has 2 heterocycles. The highest BCUT2D eigenvalue weighted by atomic mass is 19.4. The molecule has 1 aromatic heterocycles. The second-order valence-corrected chi connectivity index (χ2v) is 5.45. The monoisotopic (exact) mass is 326 g/mol. The van der Waals surface area contributed by atoms with Crippen LogP contribution in [-0.2, 0) is 10.9 Å². The highest BCUT2D eigenvalue weighted by molar-refractivity contribution is 5.48. The summed E-state index contributed by atoms with van der Waals surface area (Å²) in [5.74, 6) is -0.838. The molecule has 1 fully saturated rings. The number of hydrogen-bond donors (Lipinski definition) is 2. The molecule has 5 nitrogen and oxygen atoms in total. The lowest BCUT2D eigenvalue weighted by molar-refractivity contribution is -0.144. The van der Waals surface area contributed by atoms with Crippen LogP contribution in [0.15, 0.2) is 36.3 Å². The number of hydrogen-bond acceptors (Lipinski definition) is 5. The van der Waals surface area contributed by atoms with Crippen molar-refractivity contribution in [3.05, 3.63) is 42.1 Å². The van der Waals surface area contributed by atoms with Crippen LogP contribution in [0.4, 0.5) is 18.9 Å². The SMILES string of the molecule is FC(F)(F)c1ncc(NC2=CCC([C@H]3CNCCO3)C=C2)cn1. The van der Waals surface area contributed by atoms with Gasteiger partial charge in [0.2, 0.25) is 5.82 Å². The number of nitrogens with zero attached hydrogens (tertiary/aromatic N) is 2. The third-order valence-corrected chi connectivity index (χ3v) is 3.76. The van der Waals surface area contributed by atoms with Crippen LogP contribution in [0.1, 0.15) is 12.2 Å². The fourth-order valence-corrected chi connectivity index (χ4v) is 2.57. The van der Waals surface area contributed by atoms with Crippen molar-refractivity contribution < 1.29 is 17.9 Å². The van der Waals surface area contributed by atoms with Crippen LogP contribution in [0.25, 0.3) is 0 Å². The summed E-state index contributed by atoms with van der Waals surface area (Å²) in [5.41, 5.74) is 1.23. The Morgan fingerprint density at radius 3 is 2.61 bits per heavy atom. The number of alkyl halides is 3. The van der Waals surface area contributed by atoms with E-state index in [-0.39, 0.29) is 6.10 Å². The quantitative estimate of drug-likeness (QED) is 0.893. The summed E-state index contributed by atoms with van der Waals surface area (Å²) < 4.78 is 43.0. The van der Waals surface area contributed by atoms with Crippen LogP contribution in [0, 0.1) is 5.92 Å². The van der Waals surface area contributed by atoms with Gasteiger partial charge in [-0.25, -0.2) is 9.97 Å². The third kappa shape index (κ3) is 4.08. The zero-order chi connectivity index (χ0) is 16.3. The number of allylic oxidation sites excluding steroid dienone is 2. The van der Waals surface area contributed by atoms with E-state index in [0.29, 0.717) is 18.2 Å². The van der Waals surface area contributed by atoms with Crippen molar-refractivity contribution in [2.24, 2.45) is 5.92 Å². The van der Waals surface area contributed by atoms with Crippen molar-refractivity contribution in [2.75, 3.05) is 25.0 Å². The van der Waals surface area contributed by atoms with Gasteiger partial charge in [-0.05, 0) is 12.5 Å². The van der Waals surface area contributed by atoms with Crippen LogP contribution in [0.2, 0.25) is 0 Å². The zero-order valence-corrected chi connectivity index (χ0v) is 12.3. The van der Waals surface area contributed by atoms with Crippen LogP contribution in [0.5, 0.6) is 0 Å². The molecule has 0 bridgehead atoms. The Morgan fingerprint density at radius 2 is 2.04 bits per heavy atom. The first kappa shape index (κ1) is 15.9. The molecule has 8 heteroatoms. The lowest BCUT2D eigenvalue weighted by Gasteiger charge is -2.30. The van der Waals surface area contributed by atoms with Gasteiger partial charge in [-0.15, -0.1) is 0 Å². The molecule has 1 unspecified atom stereocenters. The molecule has 23 heavy (non-hydrogen) atoms. The second kappa shape index (κ2) is 6.67. The van der Waals surface area contributed by atoms with Crippen molar-refractivity contribution in [3.8, 4) is 0 Å². The first-order valence-corrected chi connectivity index (χ1v) is 7.39. The minimum absolute atomic E-state index is 0.159. The van der Waals surface area contributed by atoms with Gasteiger partial charge >= 0.3 is 6.18 Å². The molecule has 2 aliphatic rings. The summed E-state index contributed by atoms with van der Waals surface area (Å²) in [6.07, 6.45) is 4.67. The molecule has 124 valence electrons. The van der Waals surface area contributed by atoms with Crippen LogP contribution in [-0.4, -0.2) is 35.8 Å². The maximum atomic E-state index is 12.4. The summed E-state index contributed by atoms with van der Waals surface area (Å²) in [6, 6.07) is 0. The smallest absolute Gasteiger partial charge is 0.375 e. The zero-order valence-electron chi connectivity index (χ0n) is 12.3. The van der Waals surface area contributed by atoms with E-state index in [1.807, 2.05) is 12.2 Å². The molecule has 3 rings (SSSR count). The fraction of sp³-hybridized carbons (Fsp3) is 0.467. The lowest BCUT2D eigenvalue weighted by Crippen LogP contribution is -2.42. The Hall–Kier alpha value is -1.93. The van der Waals surface area contributed by atoms with E-state index >= 15 is 0 Å². The summed E-state index contributed by atoms with van der Waals surface area (Å²) in [6.45, 7) is 2.43. The highest BCUT2D eigenvalue weighted by Crippen LogP contribution is 2.27. The van der Waals surface area contributed by atoms with Crippen molar-refractivity contribution in [3.63, 3.8) is 0 Å². The molecule has 0 spiro atoms. The second-order valence-electron chi connectivity index (χ2n) is 5.45. The molecule has 1 aliphatic heterocycles. The number of morpholine rings is 1. The Bertz CT molecular complexity index is 592. The van der Waals surface area contributed by atoms with E-state index in [1.165, 1.54) is 0 Å². The van der Waals surface area contributed by atoms with E-state index in [0.717, 1.165) is 37.6 Å². The van der Waals surface area contributed by atoms with Gasteiger partial charge in [0, 0.05) is 24.7 Å². The standard InChI is InChI=1S/C15H17F3N4O/c16-15(17,18)14-20-7-12(8-21-14)22-11-3-1-10(2-4-11)13-9-19-5-6-23-13/h1,3-4,7-8,10,13,19,22H,2,5-6,9H2/t10?,13-/m1/s1. The van der Waals surface area contributed by atoms with Crippen molar-refractivity contribution in [1.82, 2.24) is 15.3 Å². The number of aromatic nitrogens is 2. The Morgan fingerprint density at radius 1 is 1.26 bits per heavy atom. The fourth-order valence-electron chi connectivity index (χ4n) is 2.57. The van der Waals surface area contributed by atoms with Crippen molar-refractivity contribution in [2.45, 2.75) is 18.7 Å². The van der Waals surface area contributed by atoms with Crippen LogP contribution < -0.4 is 10.6 Å². The van der Waals surface area contributed by atoms with Crippen molar-refractivity contribution >= 4 is 5.69 Å². The molecule has 0 radical (unpaired) electrons. The lowest BCUT2D eigenvalue weighted by atomic mass is 9.93. The Kier molecular flexibility index (Phi) is 4.63. The molecular weight excluding hydrogens is 309 g/mol. The number of rotatable bonds is 3. The first-order valence-electron chi connectivity index (χ1n) is 7.39. The van der Waals surface area contributed by atoms with E-state index in [9.17, 15) is 13.2 Å². The Labute approximate surface area is 131 Å². The van der Waals surface area contributed by atoms with Gasteiger partial charge in [-0.3, -0.25) is 0 Å². The van der Waals surface area contributed by atoms with Gasteiger partial charge in [-0.2, -0.15) is 13.2 Å². The van der Waals surface area contributed by atoms with Gasteiger partial charge in [0.05, 0.1) is 30.8 Å². The molecular formula is C15H17F3N4O. The van der Waals surface area contributed by atoms with Gasteiger partial charge in [0.25, 0.3) is 0 Å². The third-order valence-electron chi connectivity index (χ3n) is 3.76. The van der Waals surface area contributed by atoms with Gasteiger partial charge in [0.1, 0.15) is 0 Å². The largest absolute Gasteiger partial charge is 0.451 e. The molecule has 2 N–H and O–H groups in total. The summed E-state index contributed by atoms with van der Waals surface area (Å²) in [5, 5.41) is 6.31. The Balaban J connectivity index is 1.57. The molecule has 1 saturated heterocycles. The summed E-state index contributed by atoms with van der Waals surface area (Å²) >= 11 is 0. The number of nitrogens with one attached hydrogen (secondary N) is 2. The number of halogens is 3.